The number of urea groups is 1. The molecule has 1 aliphatic rings. The Hall–Kier alpha value is -2.12. The van der Waals surface area contributed by atoms with Crippen molar-refractivity contribution < 1.29 is 14.7 Å². The summed E-state index contributed by atoms with van der Waals surface area (Å²) in [5, 5.41) is 18.2. The summed E-state index contributed by atoms with van der Waals surface area (Å²) in [5.41, 5.74) is 0. The minimum absolute atomic E-state index is 0.0513. The predicted molar refractivity (Wildman–Crippen MR) is 74.7 cm³/mol. The molecule has 21 heavy (non-hydrogen) atoms. The van der Waals surface area contributed by atoms with Gasteiger partial charge < -0.3 is 15.3 Å². The Morgan fingerprint density at radius 2 is 2.19 bits per heavy atom. The maximum absolute atomic E-state index is 12.1. The van der Waals surface area contributed by atoms with Crippen LogP contribution in [0.15, 0.2) is 6.33 Å². The number of nitrogens with one attached hydrogen (secondary N) is 2. The Morgan fingerprint density at radius 3 is 2.81 bits per heavy atom. The number of H-pyrrole nitrogens is 1. The number of carboxylic acids is 1. The smallest absolute Gasteiger partial charge is 0.323 e. The molecule has 2 rings (SSSR count). The fourth-order valence-electron chi connectivity index (χ4n) is 2.63. The molecule has 1 saturated carbocycles. The van der Waals surface area contributed by atoms with E-state index in [2.05, 4.69) is 20.5 Å². The summed E-state index contributed by atoms with van der Waals surface area (Å²) in [6, 6.07) is -0.239. The Bertz CT molecular complexity index is 456. The van der Waals surface area contributed by atoms with E-state index in [-0.39, 0.29) is 18.6 Å². The van der Waals surface area contributed by atoms with E-state index in [1.807, 2.05) is 0 Å². The van der Waals surface area contributed by atoms with Gasteiger partial charge >= 0.3 is 12.0 Å². The van der Waals surface area contributed by atoms with Gasteiger partial charge in [-0.1, -0.05) is 12.8 Å². The second kappa shape index (κ2) is 7.61. The molecule has 0 spiro atoms. The van der Waals surface area contributed by atoms with Gasteiger partial charge in [-0.15, -0.1) is 0 Å². The van der Waals surface area contributed by atoms with E-state index < -0.39 is 5.97 Å². The second-order valence-corrected chi connectivity index (χ2v) is 5.23. The number of carboxylic acid groups (broad SMARTS) is 1. The molecule has 0 atom stereocenters. The molecule has 1 aliphatic carbocycles. The van der Waals surface area contributed by atoms with Crippen LogP contribution in [-0.4, -0.2) is 56.3 Å². The number of aryl methyl sites for hydroxylation is 1. The molecular weight excluding hydrogens is 274 g/mol. The van der Waals surface area contributed by atoms with E-state index in [1.165, 1.54) is 11.2 Å². The molecule has 1 fully saturated rings. The molecule has 0 radical (unpaired) electrons. The molecule has 1 aromatic rings. The van der Waals surface area contributed by atoms with Gasteiger partial charge in [0.15, 0.2) is 0 Å². The highest BCUT2D eigenvalue weighted by molar-refractivity contribution is 5.80. The fourth-order valence-corrected chi connectivity index (χ4v) is 2.63. The Balaban J connectivity index is 1.76. The molecule has 3 N–H and O–H groups in total. The maximum Gasteiger partial charge on any atom is 0.323 e. The Labute approximate surface area is 122 Å². The number of aliphatic carboxylic acids is 1. The van der Waals surface area contributed by atoms with Crippen LogP contribution in [0.1, 0.15) is 37.9 Å². The van der Waals surface area contributed by atoms with Crippen molar-refractivity contribution in [1.29, 1.82) is 0 Å². The third-order valence-electron chi connectivity index (χ3n) is 3.66. The van der Waals surface area contributed by atoms with Crippen LogP contribution in [0.4, 0.5) is 4.79 Å². The summed E-state index contributed by atoms with van der Waals surface area (Å²) in [6.45, 7) is 0.251. The molecular formula is C13H21N5O3. The van der Waals surface area contributed by atoms with E-state index >= 15 is 0 Å². The zero-order valence-electron chi connectivity index (χ0n) is 11.9. The van der Waals surface area contributed by atoms with Crippen molar-refractivity contribution in [1.82, 2.24) is 25.4 Å². The van der Waals surface area contributed by atoms with Crippen LogP contribution in [0.25, 0.3) is 0 Å². The summed E-state index contributed by atoms with van der Waals surface area (Å²) in [6.07, 6.45) is 6.76. The van der Waals surface area contributed by atoms with Gasteiger partial charge in [0, 0.05) is 19.0 Å². The lowest BCUT2D eigenvalue weighted by atomic mass is 10.2. The Kier molecular flexibility index (Phi) is 5.53. The molecule has 0 aromatic carbocycles. The van der Waals surface area contributed by atoms with Crippen LogP contribution in [0, 0.1) is 0 Å². The molecule has 116 valence electrons. The molecule has 0 aliphatic heterocycles. The first-order valence-electron chi connectivity index (χ1n) is 7.27. The molecule has 2 amide bonds. The van der Waals surface area contributed by atoms with Crippen LogP contribution in [-0.2, 0) is 11.2 Å². The first-order chi connectivity index (χ1) is 10.2. The Morgan fingerprint density at radius 1 is 1.43 bits per heavy atom. The van der Waals surface area contributed by atoms with E-state index in [4.69, 9.17) is 5.11 Å². The van der Waals surface area contributed by atoms with Crippen LogP contribution in [0.3, 0.4) is 0 Å². The maximum atomic E-state index is 12.1. The highest BCUT2D eigenvalue weighted by Gasteiger charge is 2.28. The molecule has 0 unspecified atom stereocenters. The van der Waals surface area contributed by atoms with Gasteiger partial charge in [-0.2, -0.15) is 5.10 Å². The summed E-state index contributed by atoms with van der Waals surface area (Å²) in [4.78, 5) is 28.5. The monoisotopic (exact) mass is 295 g/mol. The van der Waals surface area contributed by atoms with Gasteiger partial charge in [0.25, 0.3) is 0 Å². The highest BCUT2D eigenvalue weighted by Crippen LogP contribution is 2.23. The van der Waals surface area contributed by atoms with Gasteiger partial charge in [0.1, 0.15) is 18.7 Å². The number of hydrogen-bond donors (Lipinski definition) is 3. The van der Waals surface area contributed by atoms with E-state index in [1.54, 1.807) is 0 Å². The zero-order chi connectivity index (χ0) is 15.1. The largest absolute Gasteiger partial charge is 0.480 e. The van der Waals surface area contributed by atoms with Crippen molar-refractivity contribution in [2.75, 3.05) is 13.1 Å². The minimum Gasteiger partial charge on any atom is -0.480 e. The number of aromatic nitrogens is 3. The number of amides is 2. The van der Waals surface area contributed by atoms with Crippen molar-refractivity contribution in [2.45, 2.75) is 44.6 Å². The lowest BCUT2D eigenvalue weighted by Gasteiger charge is -2.27. The topological polar surface area (TPSA) is 111 Å². The summed E-state index contributed by atoms with van der Waals surface area (Å²) in [5.74, 6) is -0.193. The lowest BCUT2D eigenvalue weighted by molar-refractivity contribution is -0.138. The van der Waals surface area contributed by atoms with Crippen molar-refractivity contribution >= 4 is 12.0 Å². The van der Waals surface area contributed by atoms with Crippen LogP contribution in [0.5, 0.6) is 0 Å². The van der Waals surface area contributed by atoms with E-state index in [9.17, 15) is 9.59 Å². The normalized spacial score (nSPS) is 15.0. The molecule has 8 heteroatoms. The number of rotatable bonds is 7. The number of aromatic amines is 1. The van der Waals surface area contributed by atoms with Crippen molar-refractivity contribution in [3.8, 4) is 0 Å². The first kappa shape index (κ1) is 15.3. The summed E-state index contributed by atoms with van der Waals surface area (Å²) in [7, 11) is 0. The number of hydrogen-bond acceptors (Lipinski definition) is 4. The van der Waals surface area contributed by atoms with E-state index in [0.29, 0.717) is 13.0 Å². The molecule has 1 aromatic heterocycles. The summed E-state index contributed by atoms with van der Waals surface area (Å²) < 4.78 is 0. The van der Waals surface area contributed by atoms with Gasteiger partial charge in [-0.3, -0.25) is 9.89 Å². The molecule has 8 nitrogen and oxygen atoms in total. The van der Waals surface area contributed by atoms with Gasteiger partial charge in [-0.25, -0.2) is 9.78 Å². The summed E-state index contributed by atoms with van der Waals surface area (Å²) >= 11 is 0. The third-order valence-corrected chi connectivity index (χ3v) is 3.66. The first-order valence-corrected chi connectivity index (χ1v) is 7.27. The van der Waals surface area contributed by atoms with Crippen LogP contribution in [0.2, 0.25) is 0 Å². The highest BCUT2D eigenvalue weighted by atomic mass is 16.4. The molecule has 0 bridgehead atoms. The van der Waals surface area contributed by atoms with Crippen LogP contribution >= 0.6 is 0 Å². The predicted octanol–water partition coefficient (Wildman–Crippen LogP) is 0.776. The van der Waals surface area contributed by atoms with Gasteiger partial charge in [0.2, 0.25) is 0 Å². The average molecular weight is 295 g/mol. The second-order valence-electron chi connectivity index (χ2n) is 5.23. The lowest BCUT2D eigenvalue weighted by Crippen LogP contribution is -2.47. The molecule has 1 heterocycles. The van der Waals surface area contributed by atoms with E-state index in [0.717, 1.165) is 37.9 Å². The van der Waals surface area contributed by atoms with Crippen molar-refractivity contribution in [2.24, 2.45) is 0 Å². The van der Waals surface area contributed by atoms with Crippen molar-refractivity contribution in [3.05, 3.63) is 12.2 Å². The van der Waals surface area contributed by atoms with Gasteiger partial charge in [0.05, 0.1) is 0 Å². The zero-order valence-corrected chi connectivity index (χ0v) is 11.9. The number of nitrogens with zero attached hydrogens (tertiary/aromatic N) is 3. The van der Waals surface area contributed by atoms with Crippen molar-refractivity contribution in [3.63, 3.8) is 0 Å². The number of carbonyl (C=O) groups excluding carboxylic acids is 1. The third kappa shape index (κ3) is 4.73. The quantitative estimate of drug-likeness (QED) is 0.644. The standard InChI is InChI=1S/C13H21N5O3/c19-12(20)8-18(10-4-1-2-5-10)13(21)14-7-3-6-11-15-9-16-17-11/h9-10H,1-8H2,(H,14,21)(H,19,20)(H,15,16,17). The average Bonchev–Trinajstić information content (AvgIpc) is 3.13. The van der Waals surface area contributed by atoms with Crippen LogP contribution < -0.4 is 5.32 Å². The van der Waals surface area contributed by atoms with Gasteiger partial charge in [-0.05, 0) is 19.3 Å². The fraction of sp³-hybridized carbons (Fsp3) is 0.692. The number of carbonyl (C=O) groups is 2. The SMILES string of the molecule is O=C(O)CN(C(=O)NCCCc1ncn[nH]1)C1CCCC1. The molecule has 0 saturated heterocycles. The minimum atomic E-state index is -0.973.